The second-order valence-corrected chi connectivity index (χ2v) is 5.60. The fraction of sp³-hybridized carbons (Fsp3) is 0.917. The Labute approximate surface area is 107 Å². The fourth-order valence-corrected chi connectivity index (χ4v) is 2.62. The van der Waals surface area contributed by atoms with Gasteiger partial charge in [0.1, 0.15) is 0 Å². The Morgan fingerprint density at radius 3 is 2.94 bits per heavy atom. The van der Waals surface area contributed by atoms with Gasteiger partial charge < -0.3 is 10.1 Å². The van der Waals surface area contributed by atoms with Gasteiger partial charge in [0.05, 0.1) is 18.7 Å². The van der Waals surface area contributed by atoms with E-state index in [9.17, 15) is 0 Å². The van der Waals surface area contributed by atoms with E-state index in [-0.39, 0.29) is 0 Å². The van der Waals surface area contributed by atoms with Crippen LogP contribution in [0.1, 0.15) is 45.0 Å². The van der Waals surface area contributed by atoms with Crippen molar-refractivity contribution in [3.8, 4) is 0 Å². The number of nitrogens with zero attached hydrogens (tertiary/aromatic N) is 4. The molecule has 3 rings (SSSR count). The summed E-state index contributed by atoms with van der Waals surface area (Å²) in [5.41, 5.74) is 0. The summed E-state index contributed by atoms with van der Waals surface area (Å²) in [5, 5.41) is 15.5. The Bertz CT molecular complexity index is 401. The van der Waals surface area contributed by atoms with E-state index in [4.69, 9.17) is 4.74 Å². The van der Waals surface area contributed by atoms with Crippen molar-refractivity contribution in [3.63, 3.8) is 0 Å². The molecule has 100 valence electrons. The maximum absolute atomic E-state index is 5.86. The van der Waals surface area contributed by atoms with E-state index in [0.717, 1.165) is 31.3 Å². The van der Waals surface area contributed by atoms with Crippen molar-refractivity contribution in [2.75, 3.05) is 6.61 Å². The smallest absolute Gasteiger partial charge is 0.165 e. The van der Waals surface area contributed by atoms with Crippen LogP contribution in [0.5, 0.6) is 0 Å². The molecular weight excluding hydrogens is 230 g/mol. The van der Waals surface area contributed by atoms with E-state index >= 15 is 0 Å². The lowest BCUT2D eigenvalue weighted by atomic mass is 10.1. The van der Waals surface area contributed by atoms with Gasteiger partial charge in [-0.2, -0.15) is 0 Å². The summed E-state index contributed by atoms with van der Waals surface area (Å²) in [6.45, 7) is 5.81. The van der Waals surface area contributed by atoms with Crippen LogP contribution in [-0.2, 0) is 11.3 Å². The highest BCUT2D eigenvalue weighted by atomic mass is 16.5. The van der Waals surface area contributed by atoms with Crippen molar-refractivity contribution in [1.82, 2.24) is 25.5 Å². The van der Waals surface area contributed by atoms with Crippen molar-refractivity contribution < 1.29 is 4.74 Å². The molecule has 0 aromatic carbocycles. The first-order valence-electron chi connectivity index (χ1n) is 6.87. The number of ether oxygens (including phenoxy) is 1. The van der Waals surface area contributed by atoms with Gasteiger partial charge in [0.25, 0.3) is 0 Å². The van der Waals surface area contributed by atoms with Gasteiger partial charge in [0.15, 0.2) is 5.82 Å². The monoisotopic (exact) mass is 251 g/mol. The number of tetrazole rings is 1. The molecule has 0 radical (unpaired) electrons. The molecule has 6 nitrogen and oxygen atoms in total. The first-order valence-corrected chi connectivity index (χ1v) is 6.87. The second kappa shape index (κ2) is 4.93. The van der Waals surface area contributed by atoms with Crippen molar-refractivity contribution in [2.45, 2.75) is 57.8 Å². The molecule has 2 aliphatic rings. The summed E-state index contributed by atoms with van der Waals surface area (Å²) in [6.07, 6.45) is 3.94. The highest BCUT2D eigenvalue weighted by molar-refractivity contribution is 4.95. The van der Waals surface area contributed by atoms with E-state index in [1.54, 1.807) is 0 Å². The minimum atomic E-state index is 0.325. The molecule has 0 bridgehead atoms. The molecule has 2 unspecified atom stereocenters. The quantitative estimate of drug-likeness (QED) is 0.842. The van der Waals surface area contributed by atoms with Gasteiger partial charge >= 0.3 is 0 Å². The van der Waals surface area contributed by atoms with Gasteiger partial charge in [0, 0.05) is 12.6 Å². The fourth-order valence-electron chi connectivity index (χ4n) is 2.62. The van der Waals surface area contributed by atoms with Crippen LogP contribution < -0.4 is 5.32 Å². The van der Waals surface area contributed by atoms with Crippen molar-refractivity contribution >= 4 is 0 Å². The summed E-state index contributed by atoms with van der Waals surface area (Å²) in [5.74, 6) is 1.65. The van der Waals surface area contributed by atoms with Crippen molar-refractivity contribution in [3.05, 3.63) is 5.82 Å². The number of hydrogen-bond acceptors (Lipinski definition) is 5. The zero-order valence-electron chi connectivity index (χ0n) is 11.0. The van der Waals surface area contributed by atoms with Crippen LogP contribution >= 0.6 is 0 Å². The van der Waals surface area contributed by atoms with Gasteiger partial charge in [-0.15, -0.1) is 5.10 Å². The SMILES string of the molecule is CC(C)NCc1nnnn1C1CCOC1C1CC1. The van der Waals surface area contributed by atoms with Gasteiger partial charge in [-0.05, 0) is 35.6 Å². The standard InChI is InChI=1S/C12H21N5O/c1-8(2)13-7-11-14-15-16-17(11)10-5-6-18-12(10)9-3-4-9/h8-10,12-13H,3-7H2,1-2H3. The lowest BCUT2D eigenvalue weighted by Gasteiger charge is -2.19. The summed E-state index contributed by atoms with van der Waals surface area (Å²) in [6, 6.07) is 0.769. The average molecular weight is 251 g/mol. The third-order valence-electron chi connectivity index (χ3n) is 3.73. The van der Waals surface area contributed by atoms with E-state index in [1.165, 1.54) is 12.8 Å². The minimum absolute atomic E-state index is 0.325. The van der Waals surface area contributed by atoms with Crippen LogP contribution in [0.3, 0.4) is 0 Å². The highest BCUT2D eigenvalue weighted by Gasteiger charge is 2.42. The van der Waals surface area contributed by atoms with Crippen LogP contribution in [0.4, 0.5) is 0 Å². The van der Waals surface area contributed by atoms with Crippen molar-refractivity contribution in [2.24, 2.45) is 5.92 Å². The van der Waals surface area contributed by atoms with Gasteiger partial charge in [0.2, 0.25) is 0 Å². The number of hydrogen-bond donors (Lipinski definition) is 1. The van der Waals surface area contributed by atoms with E-state index in [1.807, 2.05) is 4.68 Å². The Hall–Kier alpha value is -1.01. The van der Waals surface area contributed by atoms with Crippen molar-refractivity contribution in [1.29, 1.82) is 0 Å². The first kappa shape index (κ1) is 12.0. The third-order valence-corrected chi connectivity index (χ3v) is 3.73. The van der Waals surface area contributed by atoms with E-state index in [0.29, 0.717) is 18.2 Å². The summed E-state index contributed by atoms with van der Waals surface area (Å²) >= 11 is 0. The summed E-state index contributed by atoms with van der Waals surface area (Å²) in [7, 11) is 0. The molecule has 1 saturated carbocycles. The van der Waals surface area contributed by atoms with E-state index < -0.39 is 0 Å². The molecule has 0 spiro atoms. The molecule has 1 N–H and O–H groups in total. The molecule has 1 aromatic rings. The molecule has 6 heteroatoms. The molecule has 1 saturated heterocycles. The van der Waals surface area contributed by atoms with Crippen LogP contribution in [0.2, 0.25) is 0 Å². The Balaban J connectivity index is 1.72. The topological polar surface area (TPSA) is 64.9 Å². The van der Waals surface area contributed by atoms with Crippen LogP contribution in [-0.4, -0.2) is 39.0 Å². The van der Waals surface area contributed by atoms with Gasteiger partial charge in [-0.25, -0.2) is 4.68 Å². The van der Waals surface area contributed by atoms with Crippen LogP contribution in [0, 0.1) is 5.92 Å². The Kier molecular flexibility index (Phi) is 3.30. The highest BCUT2D eigenvalue weighted by Crippen LogP contribution is 2.43. The predicted molar refractivity (Wildman–Crippen MR) is 65.9 cm³/mol. The lowest BCUT2D eigenvalue weighted by molar-refractivity contribution is 0.0714. The summed E-state index contributed by atoms with van der Waals surface area (Å²) < 4.78 is 7.83. The lowest BCUT2D eigenvalue weighted by Crippen LogP contribution is -2.28. The van der Waals surface area contributed by atoms with Gasteiger partial charge in [-0.1, -0.05) is 13.8 Å². The minimum Gasteiger partial charge on any atom is -0.376 e. The molecule has 1 aromatic heterocycles. The largest absolute Gasteiger partial charge is 0.376 e. The Morgan fingerprint density at radius 2 is 2.22 bits per heavy atom. The maximum Gasteiger partial charge on any atom is 0.165 e. The molecule has 2 atom stereocenters. The molecule has 2 heterocycles. The normalized spacial score (nSPS) is 28.2. The summed E-state index contributed by atoms with van der Waals surface area (Å²) in [4.78, 5) is 0. The zero-order chi connectivity index (χ0) is 12.5. The van der Waals surface area contributed by atoms with Gasteiger partial charge in [-0.3, -0.25) is 0 Å². The van der Waals surface area contributed by atoms with E-state index in [2.05, 4.69) is 34.7 Å². The second-order valence-electron chi connectivity index (χ2n) is 5.60. The predicted octanol–water partition coefficient (Wildman–Crippen LogP) is 0.911. The molecule has 2 fully saturated rings. The third kappa shape index (κ3) is 2.40. The average Bonchev–Trinajstić information content (AvgIpc) is 2.91. The maximum atomic E-state index is 5.86. The number of aromatic nitrogens is 4. The molecule has 1 aliphatic heterocycles. The Morgan fingerprint density at radius 1 is 1.39 bits per heavy atom. The first-order chi connectivity index (χ1) is 8.75. The molecule has 18 heavy (non-hydrogen) atoms. The zero-order valence-corrected chi connectivity index (χ0v) is 11.0. The molecule has 1 aliphatic carbocycles. The molecular formula is C12H21N5O. The van der Waals surface area contributed by atoms with Crippen LogP contribution in [0.25, 0.3) is 0 Å². The molecule has 0 amide bonds. The van der Waals surface area contributed by atoms with Crippen LogP contribution in [0.15, 0.2) is 0 Å². The number of nitrogens with one attached hydrogen (secondary N) is 1. The number of rotatable bonds is 5.